The number of nitrogens with zero attached hydrogens (tertiary/aromatic N) is 2. The largest absolute Gasteiger partial charge is 0.354 e. The van der Waals surface area contributed by atoms with Gasteiger partial charge < -0.3 is 5.32 Å². The molecule has 0 spiro atoms. The van der Waals surface area contributed by atoms with Gasteiger partial charge in [-0.05, 0) is 36.1 Å². The summed E-state index contributed by atoms with van der Waals surface area (Å²) in [5.41, 5.74) is 2.58. The highest BCUT2D eigenvalue weighted by atomic mass is 16.2. The van der Waals surface area contributed by atoms with Crippen LogP contribution >= 0.6 is 0 Å². The van der Waals surface area contributed by atoms with Gasteiger partial charge in [-0.2, -0.15) is 0 Å². The first-order valence-corrected chi connectivity index (χ1v) is 9.39. The topological polar surface area (TPSA) is 62.3 Å². The second-order valence-electron chi connectivity index (χ2n) is 7.50. The number of pyridine rings is 1. The van der Waals surface area contributed by atoms with Crippen molar-refractivity contribution < 1.29 is 9.59 Å². The monoisotopic (exact) mass is 367 g/mol. The van der Waals surface area contributed by atoms with Gasteiger partial charge >= 0.3 is 0 Å². The number of carbonyl (C=O) groups excluding carboxylic acids is 2. The smallest absolute Gasteiger partial charge is 0.247 e. The zero-order chi connectivity index (χ0) is 20.0. The summed E-state index contributed by atoms with van der Waals surface area (Å²) in [7, 11) is 0. The minimum absolute atomic E-state index is 0.0143. The van der Waals surface area contributed by atoms with E-state index in [1.165, 1.54) is 5.56 Å². The van der Waals surface area contributed by atoms with E-state index in [0.717, 1.165) is 0 Å². The average Bonchev–Trinajstić information content (AvgIpc) is 2.65. The molecule has 0 saturated carbocycles. The van der Waals surface area contributed by atoms with Crippen LogP contribution in [0.4, 0.5) is 5.69 Å². The second kappa shape index (κ2) is 8.80. The normalized spacial score (nSPS) is 12.3. The lowest BCUT2D eigenvalue weighted by atomic mass is 9.87. The molecular formula is C22H29N3O2. The molecule has 0 saturated heterocycles. The Morgan fingerprint density at radius 2 is 1.78 bits per heavy atom. The minimum Gasteiger partial charge on any atom is -0.354 e. The fourth-order valence-corrected chi connectivity index (χ4v) is 2.96. The minimum atomic E-state index is -0.758. The van der Waals surface area contributed by atoms with Gasteiger partial charge in [0.2, 0.25) is 11.8 Å². The summed E-state index contributed by atoms with van der Waals surface area (Å²) in [4.78, 5) is 31.4. The third-order valence-corrected chi connectivity index (χ3v) is 4.44. The molecule has 1 aromatic carbocycles. The fraction of sp³-hybridized carbons (Fsp3) is 0.409. The lowest BCUT2D eigenvalue weighted by Crippen LogP contribution is -2.43. The SMILES string of the molecule is CCNC(=O)[C@@H](c1cccnc1)N(C(=O)CC)c1ccc(C(C)(C)C)cc1. The predicted molar refractivity (Wildman–Crippen MR) is 109 cm³/mol. The van der Waals surface area contributed by atoms with Gasteiger partial charge in [0.05, 0.1) is 0 Å². The number of nitrogens with one attached hydrogen (secondary N) is 1. The molecule has 1 atom stereocenters. The Balaban J connectivity index is 2.54. The van der Waals surface area contributed by atoms with Gasteiger partial charge in [0.1, 0.15) is 6.04 Å². The highest BCUT2D eigenvalue weighted by Gasteiger charge is 2.32. The Hall–Kier alpha value is -2.69. The molecule has 1 N–H and O–H groups in total. The van der Waals surface area contributed by atoms with Crippen LogP contribution in [0.1, 0.15) is 58.2 Å². The summed E-state index contributed by atoms with van der Waals surface area (Å²) < 4.78 is 0. The Kier molecular flexibility index (Phi) is 6.72. The van der Waals surface area contributed by atoms with Crippen LogP contribution in [-0.2, 0) is 15.0 Å². The van der Waals surface area contributed by atoms with Crippen molar-refractivity contribution in [2.24, 2.45) is 0 Å². The van der Waals surface area contributed by atoms with Crippen LogP contribution in [0, 0.1) is 0 Å². The van der Waals surface area contributed by atoms with Crippen LogP contribution in [0.5, 0.6) is 0 Å². The molecule has 0 fully saturated rings. The summed E-state index contributed by atoms with van der Waals surface area (Å²) in [6.07, 6.45) is 3.60. The number of benzene rings is 1. The highest BCUT2D eigenvalue weighted by molar-refractivity contribution is 6.01. The Labute approximate surface area is 161 Å². The number of likely N-dealkylation sites (N-methyl/N-ethyl adjacent to an activating group) is 1. The van der Waals surface area contributed by atoms with E-state index in [1.807, 2.05) is 37.3 Å². The van der Waals surface area contributed by atoms with Gasteiger partial charge in [-0.15, -0.1) is 0 Å². The third-order valence-electron chi connectivity index (χ3n) is 4.44. The second-order valence-corrected chi connectivity index (χ2v) is 7.50. The third kappa shape index (κ3) is 4.94. The van der Waals surface area contributed by atoms with E-state index in [0.29, 0.717) is 24.2 Å². The molecular weight excluding hydrogens is 338 g/mol. The van der Waals surface area contributed by atoms with Crippen LogP contribution in [0.15, 0.2) is 48.8 Å². The van der Waals surface area contributed by atoms with Crippen molar-refractivity contribution in [3.63, 3.8) is 0 Å². The Morgan fingerprint density at radius 1 is 1.11 bits per heavy atom. The molecule has 5 heteroatoms. The zero-order valence-electron chi connectivity index (χ0n) is 16.8. The molecule has 0 unspecified atom stereocenters. The van der Waals surface area contributed by atoms with Gasteiger partial charge in [0, 0.05) is 36.6 Å². The quantitative estimate of drug-likeness (QED) is 0.839. The van der Waals surface area contributed by atoms with Crippen LogP contribution in [0.25, 0.3) is 0 Å². The Morgan fingerprint density at radius 3 is 2.26 bits per heavy atom. The van der Waals surface area contributed by atoms with Crippen molar-refractivity contribution in [2.75, 3.05) is 11.4 Å². The van der Waals surface area contributed by atoms with Gasteiger partial charge in [-0.1, -0.05) is 45.9 Å². The van der Waals surface area contributed by atoms with Crippen molar-refractivity contribution in [2.45, 2.75) is 52.5 Å². The molecule has 27 heavy (non-hydrogen) atoms. The summed E-state index contributed by atoms with van der Waals surface area (Å²) >= 11 is 0. The van der Waals surface area contributed by atoms with Crippen LogP contribution < -0.4 is 10.2 Å². The van der Waals surface area contributed by atoms with E-state index in [9.17, 15) is 9.59 Å². The highest BCUT2D eigenvalue weighted by Crippen LogP contribution is 2.31. The number of amides is 2. The average molecular weight is 367 g/mol. The Bertz CT molecular complexity index is 764. The number of aromatic nitrogens is 1. The zero-order valence-corrected chi connectivity index (χ0v) is 16.8. The van der Waals surface area contributed by atoms with Crippen molar-refractivity contribution in [1.82, 2.24) is 10.3 Å². The van der Waals surface area contributed by atoms with E-state index < -0.39 is 6.04 Å². The molecule has 0 aliphatic carbocycles. The maximum absolute atomic E-state index is 12.9. The first kappa shape index (κ1) is 20.6. The van der Waals surface area contributed by atoms with Crippen LogP contribution in [-0.4, -0.2) is 23.3 Å². The molecule has 0 aliphatic rings. The predicted octanol–water partition coefficient (Wildman–Crippen LogP) is 4.00. The van der Waals surface area contributed by atoms with E-state index >= 15 is 0 Å². The number of hydrogen-bond acceptors (Lipinski definition) is 3. The molecule has 5 nitrogen and oxygen atoms in total. The number of rotatable bonds is 6. The van der Waals surface area contributed by atoms with E-state index in [2.05, 4.69) is 31.1 Å². The molecule has 1 aromatic heterocycles. The maximum atomic E-state index is 12.9. The van der Waals surface area contributed by atoms with Crippen molar-refractivity contribution in [1.29, 1.82) is 0 Å². The fourth-order valence-electron chi connectivity index (χ4n) is 2.96. The van der Waals surface area contributed by atoms with Crippen LogP contribution in [0.2, 0.25) is 0 Å². The first-order chi connectivity index (χ1) is 12.8. The summed E-state index contributed by atoms with van der Waals surface area (Å²) in [6.45, 7) is 10.6. The number of anilines is 1. The lowest BCUT2D eigenvalue weighted by Gasteiger charge is -2.31. The molecule has 0 radical (unpaired) electrons. The molecule has 2 rings (SSSR count). The van der Waals surface area contributed by atoms with Gasteiger partial charge in [0.15, 0.2) is 0 Å². The molecule has 0 bridgehead atoms. The first-order valence-electron chi connectivity index (χ1n) is 9.39. The van der Waals surface area contributed by atoms with Gasteiger partial charge in [-0.25, -0.2) is 0 Å². The van der Waals surface area contributed by atoms with Crippen molar-refractivity contribution >= 4 is 17.5 Å². The van der Waals surface area contributed by atoms with Crippen LogP contribution in [0.3, 0.4) is 0 Å². The van der Waals surface area contributed by atoms with E-state index in [1.54, 1.807) is 30.3 Å². The van der Waals surface area contributed by atoms with E-state index in [-0.39, 0.29) is 17.2 Å². The summed E-state index contributed by atoms with van der Waals surface area (Å²) in [5, 5.41) is 2.85. The summed E-state index contributed by atoms with van der Waals surface area (Å²) in [6, 6.07) is 10.7. The number of hydrogen-bond donors (Lipinski definition) is 1. The molecule has 0 aliphatic heterocycles. The molecule has 1 heterocycles. The molecule has 144 valence electrons. The van der Waals surface area contributed by atoms with Gasteiger partial charge in [0.25, 0.3) is 0 Å². The molecule has 2 amide bonds. The van der Waals surface area contributed by atoms with Gasteiger partial charge in [-0.3, -0.25) is 19.5 Å². The molecule has 2 aromatic rings. The maximum Gasteiger partial charge on any atom is 0.247 e. The van der Waals surface area contributed by atoms with Crippen molar-refractivity contribution in [3.05, 3.63) is 59.9 Å². The lowest BCUT2D eigenvalue weighted by molar-refractivity contribution is -0.126. The summed E-state index contributed by atoms with van der Waals surface area (Å²) in [5.74, 6) is -0.328. The standard InChI is InChI=1S/C22H29N3O2/c1-6-19(26)25(18-12-10-17(11-13-18)22(3,4)5)20(21(27)24-7-2)16-9-8-14-23-15-16/h8-15,20H,6-7H2,1-5H3,(H,24,27)/t20-/m1/s1. The van der Waals surface area contributed by atoms with Crippen molar-refractivity contribution in [3.8, 4) is 0 Å². The number of carbonyl (C=O) groups is 2. The van der Waals surface area contributed by atoms with E-state index in [4.69, 9.17) is 0 Å².